The Morgan fingerprint density at radius 1 is 1.85 bits per heavy atom. The van der Waals surface area contributed by atoms with Crippen molar-refractivity contribution in [2.45, 2.75) is 13.3 Å². The molecule has 0 aliphatic carbocycles. The number of carbonyl (C=O) groups excluding carboxylic acids is 1. The summed E-state index contributed by atoms with van der Waals surface area (Å²) in [5.74, 6) is 0.169. The summed E-state index contributed by atoms with van der Waals surface area (Å²) in [6.45, 7) is 1.84. The molecule has 1 heterocycles. The minimum Gasteiger partial charge on any atom is -0.448 e. The standard InChI is InChI=1S/C8H9N3O2/c1-2-6-7(11-5-13-6)8(12)10-4-3-9/h5H,2,4H2,1H3,(H,10,12). The van der Waals surface area contributed by atoms with Crippen molar-refractivity contribution >= 4 is 5.91 Å². The van der Waals surface area contributed by atoms with Gasteiger partial charge in [0, 0.05) is 6.42 Å². The van der Waals surface area contributed by atoms with E-state index in [2.05, 4.69) is 10.3 Å². The minimum absolute atomic E-state index is 0.0190. The fourth-order valence-electron chi connectivity index (χ4n) is 0.910. The van der Waals surface area contributed by atoms with E-state index in [4.69, 9.17) is 9.68 Å². The molecule has 0 atom stereocenters. The lowest BCUT2D eigenvalue weighted by atomic mass is 10.3. The lowest BCUT2D eigenvalue weighted by molar-refractivity contribution is 0.0952. The number of hydrogen-bond donors (Lipinski definition) is 1. The zero-order chi connectivity index (χ0) is 9.68. The molecule has 5 nitrogen and oxygen atoms in total. The molecule has 13 heavy (non-hydrogen) atoms. The molecular weight excluding hydrogens is 170 g/mol. The minimum atomic E-state index is -0.368. The second-order valence-electron chi connectivity index (χ2n) is 2.32. The molecule has 1 N–H and O–H groups in total. The average molecular weight is 179 g/mol. The van der Waals surface area contributed by atoms with Crippen LogP contribution in [0.1, 0.15) is 23.2 Å². The van der Waals surface area contributed by atoms with E-state index < -0.39 is 0 Å². The number of nitrogens with one attached hydrogen (secondary N) is 1. The van der Waals surface area contributed by atoms with Crippen LogP contribution in [0.4, 0.5) is 0 Å². The molecule has 1 aromatic rings. The van der Waals surface area contributed by atoms with Gasteiger partial charge in [-0.05, 0) is 0 Å². The zero-order valence-corrected chi connectivity index (χ0v) is 7.20. The van der Waals surface area contributed by atoms with Crippen molar-refractivity contribution < 1.29 is 9.21 Å². The Kier molecular flexibility index (Phi) is 3.03. The van der Waals surface area contributed by atoms with Crippen LogP contribution >= 0.6 is 0 Å². The number of oxazole rings is 1. The van der Waals surface area contributed by atoms with Crippen molar-refractivity contribution in [3.8, 4) is 6.07 Å². The summed E-state index contributed by atoms with van der Waals surface area (Å²) in [5.41, 5.74) is 0.262. The van der Waals surface area contributed by atoms with Gasteiger partial charge in [-0.25, -0.2) is 4.98 Å². The van der Waals surface area contributed by atoms with Gasteiger partial charge in [0.05, 0.1) is 6.07 Å². The lowest BCUT2D eigenvalue weighted by Crippen LogP contribution is -2.24. The molecular formula is C8H9N3O2. The molecule has 0 unspecified atom stereocenters. The summed E-state index contributed by atoms with van der Waals surface area (Å²) in [5, 5.41) is 10.6. The Bertz CT molecular complexity index is 337. The highest BCUT2D eigenvalue weighted by Crippen LogP contribution is 2.06. The van der Waals surface area contributed by atoms with Crippen molar-refractivity contribution in [2.24, 2.45) is 0 Å². The molecule has 68 valence electrons. The maximum absolute atomic E-state index is 11.3. The maximum atomic E-state index is 11.3. The monoisotopic (exact) mass is 179 g/mol. The van der Waals surface area contributed by atoms with Crippen LogP contribution < -0.4 is 5.32 Å². The number of nitriles is 1. The summed E-state index contributed by atoms with van der Waals surface area (Å²) in [6, 6.07) is 1.81. The summed E-state index contributed by atoms with van der Waals surface area (Å²) in [7, 11) is 0. The first-order valence-electron chi connectivity index (χ1n) is 3.87. The molecule has 0 aliphatic heterocycles. The molecule has 0 fully saturated rings. The van der Waals surface area contributed by atoms with Crippen molar-refractivity contribution in [1.29, 1.82) is 5.26 Å². The Balaban J connectivity index is 2.71. The smallest absolute Gasteiger partial charge is 0.274 e. The molecule has 0 spiro atoms. The summed E-state index contributed by atoms with van der Waals surface area (Å²) < 4.78 is 4.96. The maximum Gasteiger partial charge on any atom is 0.274 e. The number of carbonyl (C=O) groups is 1. The van der Waals surface area contributed by atoms with Crippen LogP contribution in [-0.4, -0.2) is 17.4 Å². The van der Waals surface area contributed by atoms with E-state index in [0.717, 1.165) is 0 Å². The molecule has 0 bridgehead atoms. The number of rotatable bonds is 3. The number of nitrogens with zero attached hydrogens (tertiary/aromatic N) is 2. The fourth-order valence-corrected chi connectivity index (χ4v) is 0.910. The van der Waals surface area contributed by atoms with E-state index >= 15 is 0 Å². The Morgan fingerprint density at radius 3 is 3.23 bits per heavy atom. The van der Waals surface area contributed by atoms with Gasteiger partial charge < -0.3 is 9.73 Å². The first kappa shape index (κ1) is 9.26. The van der Waals surface area contributed by atoms with Gasteiger partial charge in [-0.15, -0.1) is 0 Å². The van der Waals surface area contributed by atoms with Gasteiger partial charge in [0.2, 0.25) is 0 Å². The quantitative estimate of drug-likeness (QED) is 0.685. The first-order chi connectivity index (χ1) is 6.29. The lowest BCUT2D eigenvalue weighted by Gasteiger charge is -1.97. The average Bonchev–Trinajstić information content (AvgIpc) is 2.61. The van der Waals surface area contributed by atoms with Crippen LogP contribution in [0.25, 0.3) is 0 Å². The van der Waals surface area contributed by atoms with Crippen molar-refractivity contribution in [3.63, 3.8) is 0 Å². The zero-order valence-electron chi connectivity index (χ0n) is 7.20. The third-order valence-electron chi connectivity index (χ3n) is 1.51. The molecule has 0 radical (unpaired) electrons. The molecule has 1 rings (SSSR count). The van der Waals surface area contributed by atoms with Gasteiger partial charge in [-0.2, -0.15) is 5.26 Å². The van der Waals surface area contributed by atoms with E-state index in [-0.39, 0.29) is 18.1 Å². The number of amides is 1. The molecule has 0 saturated heterocycles. The summed E-state index contributed by atoms with van der Waals surface area (Å²) in [6.07, 6.45) is 1.83. The van der Waals surface area contributed by atoms with Crippen LogP contribution in [0.3, 0.4) is 0 Å². The molecule has 0 saturated carbocycles. The number of aryl methyl sites for hydroxylation is 1. The van der Waals surface area contributed by atoms with Crippen LogP contribution in [0.15, 0.2) is 10.8 Å². The number of aromatic nitrogens is 1. The Morgan fingerprint density at radius 2 is 2.62 bits per heavy atom. The SMILES string of the molecule is CCc1ocnc1C(=O)NCC#N. The second kappa shape index (κ2) is 4.26. The van der Waals surface area contributed by atoms with Gasteiger partial charge >= 0.3 is 0 Å². The summed E-state index contributed by atoms with van der Waals surface area (Å²) in [4.78, 5) is 15.0. The van der Waals surface area contributed by atoms with Crippen LogP contribution in [0, 0.1) is 11.3 Å². The Labute approximate surface area is 75.4 Å². The predicted molar refractivity (Wildman–Crippen MR) is 43.8 cm³/mol. The first-order valence-corrected chi connectivity index (χ1v) is 3.87. The molecule has 1 amide bonds. The second-order valence-corrected chi connectivity index (χ2v) is 2.32. The third kappa shape index (κ3) is 2.06. The highest BCUT2D eigenvalue weighted by atomic mass is 16.3. The largest absolute Gasteiger partial charge is 0.448 e. The highest BCUT2D eigenvalue weighted by molar-refractivity contribution is 5.93. The number of hydrogen-bond acceptors (Lipinski definition) is 4. The van der Waals surface area contributed by atoms with E-state index in [1.807, 2.05) is 13.0 Å². The highest BCUT2D eigenvalue weighted by Gasteiger charge is 2.13. The van der Waals surface area contributed by atoms with E-state index in [0.29, 0.717) is 12.2 Å². The van der Waals surface area contributed by atoms with Gasteiger partial charge in [-0.1, -0.05) is 6.92 Å². The molecule has 5 heteroatoms. The van der Waals surface area contributed by atoms with Crippen LogP contribution in [-0.2, 0) is 6.42 Å². The molecule has 0 aromatic carbocycles. The van der Waals surface area contributed by atoms with Crippen molar-refractivity contribution in [2.75, 3.05) is 6.54 Å². The van der Waals surface area contributed by atoms with Gasteiger partial charge in [0.15, 0.2) is 12.1 Å². The van der Waals surface area contributed by atoms with Gasteiger partial charge in [-0.3, -0.25) is 4.79 Å². The van der Waals surface area contributed by atoms with Crippen molar-refractivity contribution in [3.05, 3.63) is 17.8 Å². The topological polar surface area (TPSA) is 78.9 Å². The normalized spacial score (nSPS) is 9.23. The van der Waals surface area contributed by atoms with Crippen LogP contribution in [0.5, 0.6) is 0 Å². The van der Waals surface area contributed by atoms with E-state index in [9.17, 15) is 4.79 Å². The third-order valence-corrected chi connectivity index (χ3v) is 1.51. The van der Waals surface area contributed by atoms with Gasteiger partial charge in [0.25, 0.3) is 5.91 Å². The van der Waals surface area contributed by atoms with Crippen molar-refractivity contribution in [1.82, 2.24) is 10.3 Å². The van der Waals surface area contributed by atoms with E-state index in [1.54, 1.807) is 0 Å². The molecule has 1 aromatic heterocycles. The summed E-state index contributed by atoms with van der Waals surface area (Å²) >= 11 is 0. The predicted octanol–water partition coefficient (Wildman–Crippen LogP) is 0.490. The Hall–Kier alpha value is -1.83. The van der Waals surface area contributed by atoms with Gasteiger partial charge in [0.1, 0.15) is 12.3 Å². The van der Waals surface area contributed by atoms with Crippen LogP contribution in [0.2, 0.25) is 0 Å². The molecule has 0 aliphatic rings. The fraction of sp³-hybridized carbons (Fsp3) is 0.375. The van der Waals surface area contributed by atoms with E-state index in [1.165, 1.54) is 6.39 Å².